The second-order valence-corrected chi connectivity index (χ2v) is 9.61. The van der Waals surface area contributed by atoms with E-state index >= 15 is 0 Å². The fraction of sp³-hybridized carbons (Fsp3) is 0.423. The number of methoxy groups -OCH3 is 1. The second kappa shape index (κ2) is 8.43. The molecule has 1 saturated heterocycles. The number of fused-ring (bicyclic) bond motifs is 2. The molecule has 2 aliphatic heterocycles. The Morgan fingerprint density at radius 3 is 2.74 bits per heavy atom. The lowest BCUT2D eigenvalue weighted by Crippen LogP contribution is -2.51. The summed E-state index contributed by atoms with van der Waals surface area (Å²) in [5, 5.41) is 4.34. The highest BCUT2D eigenvalue weighted by Crippen LogP contribution is 2.33. The van der Waals surface area contributed by atoms with Crippen LogP contribution in [-0.2, 0) is 17.8 Å². The van der Waals surface area contributed by atoms with Gasteiger partial charge in [-0.05, 0) is 67.8 Å². The van der Waals surface area contributed by atoms with Gasteiger partial charge < -0.3 is 24.8 Å². The van der Waals surface area contributed by atoms with Gasteiger partial charge in [0.05, 0.1) is 24.9 Å². The van der Waals surface area contributed by atoms with Crippen molar-refractivity contribution in [3.8, 4) is 5.75 Å². The number of aromatic nitrogens is 2. The summed E-state index contributed by atoms with van der Waals surface area (Å²) in [6.07, 6.45) is 5.17. The van der Waals surface area contributed by atoms with Crippen LogP contribution in [-0.4, -0.2) is 72.1 Å². The third-order valence-corrected chi connectivity index (χ3v) is 7.15. The van der Waals surface area contributed by atoms with Gasteiger partial charge in [-0.2, -0.15) is 0 Å². The van der Waals surface area contributed by atoms with Crippen molar-refractivity contribution in [2.45, 2.75) is 31.8 Å². The highest BCUT2D eigenvalue weighted by Gasteiger charge is 2.35. The van der Waals surface area contributed by atoms with Gasteiger partial charge in [0.25, 0.3) is 0 Å². The lowest BCUT2D eigenvalue weighted by molar-refractivity contribution is -0.131. The minimum Gasteiger partial charge on any atom is -0.495 e. The molecule has 34 heavy (non-hydrogen) atoms. The lowest BCUT2D eigenvalue weighted by Gasteiger charge is -2.35. The van der Waals surface area contributed by atoms with Crippen LogP contribution in [0.25, 0.3) is 10.9 Å². The molecule has 1 aliphatic carbocycles. The molecule has 6 rings (SSSR count). The van der Waals surface area contributed by atoms with Crippen molar-refractivity contribution < 1.29 is 9.53 Å². The van der Waals surface area contributed by atoms with Crippen molar-refractivity contribution in [2.75, 3.05) is 50.6 Å². The summed E-state index contributed by atoms with van der Waals surface area (Å²) in [4.78, 5) is 28.4. The first-order valence-electron chi connectivity index (χ1n) is 12.0. The number of amides is 1. The van der Waals surface area contributed by atoms with E-state index in [0.717, 1.165) is 73.5 Å². The third-order valence-electron chi connectivity index (χ3n) is 7.15. The zero-order valence-corrected chi connectivity index (χ0v) is 19.8. The molecule has 1 N–H and O–H groups in total. The van der Waals surface area contributed by atoms with E-state index in [0.29, 0.717) is 18.5 Å². The van der Waals surface area contributed by atoms with Gasteiger partial charge in [0.2, 0.25) is 11.9 Å². The first-order valence-corrected chi connectivity index (χ1v) is 12.0. The van der Waals surface area contributed by atoms with Gasteiger partial charge in [0.15, 0.2) is 0 Å². The average molecular weight is 459 g/mol. The summed E-state index contributed by atoms with van der Waals surface area (Å²) in [6.45, 7) is 4.05. The molecule has 0 unspecified atom stereocenters. The Morgan fingerprint density at radius 2 is 1.94 bits per heavy atom. The number of likely N-dealkylation sites (N-methyl/N-ethyl adjacent to an activating group) is 1. The van der Waals surface area contributed by atoms with Crippen molar-refractivity contribution in [3.05, 3.63) is 47.7 Å². The van der Waals surface area contributed by atoms with E-state index < -0.39 is 0 Å². The molecule has 3 aromatic rings. The maximum Gasteiger partial charge on any atom is 0.242 e. The average Bonchev–Trinajstić information content (AvgIpc) is 3.68. The highest BCUT2D eigenvalue weighted by molar-refractivity contribution is 5.87. The smallest absolute Gasteiger partial charge is 0.242 e. The van der Waals surface area contributed by atoms with Gasteiger partial charge in [0, 0.05) is 49.5 Å². The zero-order valence-electron chi connectivity index (χ0n) is 19.8. The Hall–Kier alpha value is -3.39. The van der Waals surface area contributed by atoms with Crippen LogP contribution < -0.4 is 15.0 Å². The number of ether oxygens (including phenoxy) is 1. The first kappa shape index (κ1) is 21.2. The highest BCUT2D eigenvalue weighted by atomic mass is 16.5. The van der Waals surface area contributed by atoms with Crippen molar-refractivity contribution in [3.63, 3.8) is 0 Å². The number of hydrogen-bond acceptors (Lipinski definition) is 7. The molecule has 0 spiro atoms. The monoisotopic (exact) mass is 458 g/mol. The number of anilines is 3. The van der Waals surface area contributed by atoms with Crippen LogP contribution in [0.5, 0.6) is 5.75 Å². The Balaban J connectivity index is 1.25. The number of carbonyl (C=O) groups is 1. The molecule has 0 bridgehead atoms. The number of benzene rings is 2. The first-order chi connectivity index (χ1) is 16.6. The van der Waals surface area contributed by atoms with Crippen LogP contribution in [0.4, 0.5) is 17.3 Å². The van der Waals surface area contributed by atoms with Crippen LogP contribution in [0.3, 0.4) is 0 Å². The molecular formula is C26H30N6O2. The van der Waals surface area contributed by atoms with Crippen LogP contribution in [0.2, 0.25) is 0 Å². The van der Waals surface area contributed by atoms with E-state index in [-0.39, 0.29) is 5.91 Å². The molecule has 8 nitrogen and oxygen atoms in total. The van der Waals surface area contributed by atoms with E-state index in [2.05, 4.69) is 51.4 Å². The summed E-state index contributed by atoms with van der Waals surface area (Å²) in [7, 11) is 3.84. The molecule has 8 heteroatoms. The Morgan fingerprint density at radius 1 is 1.06 bits per heavy atom. The van der Waals surface area contributed by atoms with Gasteiger partial charge in [-0.25, -0.2) is 9.97 Å². The quantitative estimate of drug-likeness (QED) is 0.630. The molecule has 1 amide bonds. The minimum atomic E-state index is 0.226. The fourth-order valence-electron chi connectivity index (χ4n) is 5.06. The van der Waals surface area contributed by atoms with Crippen LogP contribution >= 0.6 is 0 Å². The number of carbonyl (C=O) groups excluding carboxylic acids is 1. The number of piperazine rings is 1. The minimum absolute atomic E-state index is 0.226. The van der Waals surface area contributed by atoms with Gasteiger partial charge in [-0.3, -0.25) is 4.79 Å². The Bertz CT molecular complexity index is 1260. The van der Waals surface area contributed by atoms with Crippen molar-refractivity contribution in [1.82, 2.24) is 19.8 Å². The number of hydrogen-bond donors (Lipinski definition) is 1. The van der Waals surface area contributed by atoms with Gasteiger partial charge in [-0.15, -0.1) is 0 Å². The largest absolute Gasteiger partial charge is 0.495 e. The molecule has 176 valence electrons. The van der Waals surface area contributed by atoms with E-state index in [1.165, 1.54) is 11.1 Å². The Kier molecular flexibility index (Phi) is 5.25. The van der Waals surface area contributed by atoms with Crippen molar-refractivity contribution >= 4 is 34.1 Å². The molecular weight excluding hydrogens is 428 g/mol. The van der Waals surface area contributed by atoms with Crippen molar-refractivity contribution in [2.24, 2.45) is 0 Å². The van der Waals surface area contributed by atoms with E-state index in [1.807, 2.05) is 17.2 Å². The van der Waals surface area contributed by atoms with Crippen molar-refractivity contribution in [1.29, 1.82) is 0 Å². The predicted octanol–water partition coefficient (Wildman–Crippen LogP) is 3.18. The molecule has 1 saturated carbocycles. The van der Waals surface area contributed by atoms with E-state index in [9.17, 15) is 4.79 Å². The summed E-state index contributed by atoms with van der Waals surface area (Å²) in [5.74, 6) is 1.55. The van der Waals surface area contributed by atoms with Crippen LogP contribution in [0.1, 0.15) is 24.0 Å². The van der Waals surface area contributed by atoms with Gasteiger partial charge >= 0.3 is 0 Å². The second-order valence-electron chi connectivity index (χ2n) is 9.61. The topological polar surface area (TPSA) is 73.8 Å². The van der Waals surface area contributed by atoms with Crippen LogP contribution in [0.15, 0.2) is 36.5 Å². The number of rotatable bonds is 5. The molecule has 2 fully saturated rings. The SMILES string of the molecule is COc1cc2c(cc1Nc1ncc3ccc(N4CCN(C5CC5)C(=O)C4)cc3n1)CN(C)CC2. The Labute approximate surface area is 199 Å². The molecule has 2 aromatic carbocycles. The molecule has 3 aliphatic rings. The maximum atomic E-state index is 12.6. The third kappa shape index (κ3) is 4.03. The summed E-state index contributed by atoms with van der Waals surface area (Å²) >= 11 is 0. The molecule has 3 heterocycles. The van der Waals surface area contributed by atoms with E-state index in [1.54, 1.807) is 7.11 Å². The molecule has 0 radical (unpaired) electrons. The number of nitrogens with zero attached hydrogens (tertiary/aromatic N) is 5. The fourth-order valence-corrected chi connectivity index (χ4v) is 5.06. The van der Waals surface area contributed by atoms with Crippen LogP contribution in [0, 0.1) is 0 Å². The van der Waals surface area contributed by atoms with Gasteiger partial charge in [-0.1, -0.05) is 0 Å². The molecule has 0 atom stereocenters. The molecule has 1 aromatic heterocycles. The van der Waals surface area contributed by atoms with Gasteiger partial charge in [0.1, 0.15) is 5.75 Å². The normalized spacial score (nSPS) is 18.8. The zero-order chi connectivity index (χ0) is 23.2. The van der Waals surface area contributed by atoms with E-state index in [4.69, 9.17) is 9.72 Å². The predicted molar refractivity (Wildman–Crippen MR) is 133 cm³/mol. The summed E-state index contributed by atoms with van der Waals surface area (Å²) in [5.41, 5.74) is 5.38. The summed E-state index contributed by atoms with van der Waals surface area (Å²) in [6, 6.07) is 10.9. The number of nitrogens with one attached hydrogen (secondary N) is 1. The lowest BCUT2D eigenvalue weighted by atomic mass is 9.99. The standard InChI is InChI=1S/C26H30N6O2/c1-30-8-7-17-12-24(34-2)23(11-19(17)15-30)29-26-27-14-18-3-4-21(13-22(18)28-26)31-9-10-32(20-5-6-20)25(33)16-31/h3-4,11-14,20H,5-10,15-16H2,1-2H3,(H,27,28,29). The maximum absolute atomic E-state index is 12.6. The summed E-state index contributed by atoms with van der Waals surface area (Å²) < 4.78 is 5.66.